The van der Waals surface area contributed by atoms with Crippen LogP contribution in [-0.4, -0.2) is 10.5 Å². The summed E-state index contributed by atoms with van der Waals surface area (Å²) in [7, 11) is 0. The molecule has 3 nitrogen and oxygen atoms in total. The van der Waals surface area contributed by atoms with Gasteiger partial charge in [0.1, 0.15) is 0 Å². The smallest absolute Gasteiger partial charge is 0.249 e. The number of fused-ring (bicyclic) bond motifs is 3. The van der Waals surface area contributed by atoms with Gasteiger partial charge in [-0.1, -0.05) is 42.5 Å². The van der Waals surface area contributed by atoms with E-state index >= 15 is 0 Å². The third-order valence-electron chi connectivity index (χ3n) is 5.06. The second-order valence-corrected chi connectivity index (χ2v) is 7.78. The zero-order chi connectivity index (χ0) is 19.1. The summed E-state index contributed by atoms with van der Waals surface area (Å²) >= 11 is 1.73. The average molecular weight is 381 g/mol. The first-order valence-corrected chi connectivity index (χ1v) is 9.94. The van der Waals surface area contributed by atoms with Gasteiger partial charge < -0.3 is 10.3 Å². The van der Waals surface area contributed by atoms with Crippen LogP contribution in [0.1, 0.15) is 15.2 Å². The van der Waals surface area contributed by atoms with Crippen LogP contribution in [0.2, 0.25) is 0 Å². The molecule has 0 spiro atoms. The van der Waals surface area contributed by atoms with E-state index in [1.807, 2.05) is 36.4 Å². The number of primary amides is 1. The van der Waals surface area contributed by atoms with Crippen molar-refractivity contribution in [1.29, 1.82) is 0 Å². The fourth-order valence-electron chi connectivity index (χ4n) is 3.79. The van der Waals surface area contributed by atoms with Crippen LogP contribution >= 0.6 is 11.3 Å². The van der Waals surface area contributed by atoms with Crippen molar-refractivity contribution in [3.05, 3.63) is 94.7 Å². The molecule has 0 fully saturated rings. The molecule has 5 aromatic rings. The van der Waals surface area contributed by atoms with E-state index < -0.39 is 5.91 Å². The van der Waals surface area contributed by atoms with E-state index in [2.05, 4.69) is 46.3 Å². The van der Waals surface area contributed by atoms with Crippen molar-refractivity contribution < 1.29 is 4.79 Å². The van der Waals surface area contributed by atoms with Crippen LogP contribution in [0.4, 0.5) is 0 Å². The zero-order valence-electron chi connectivity index (χ0n) is 15.1. The molecule has 0 saturated carbocycles. The molecule has 0 saturated heterocycles. The lowest BCUT2D eigenvalue weighted by molar-refractivity contribution is 0.100. The predicted octanol–water partition coefficient (Wildman–Crippen LogP) is 5.47. The summed E-state index contributed by atoms with van der Waals surface area (Å²) in [6.45, 7) is 0.742. The minimum Gasteiger partial charge on any atom is -0.366 e. The Hall–Kier alpha value is -3.37. The highest BCUT2D eigenvalue weighted by molar-refractivity contribution is 7.09. The van der Waals surface area contributed by atoms with Gasteiger partial charge in [-0.15, -0.1) is 11.3 Å². The quantitative estimate of drug-likeness (QED) is 0.441. The number of nitrogens with zero attached hydrogens (tertiary/aromatic N) is 1. The van der Waals surface area contributed by atoms with Crippen molar-refractivity contribution in [3.8, 4) is 11.1 Å². The molecule has 0 bridgehead atoms. The first-order chi connectivity index (χ1) is 13.7. The van der Waals surface area contributed by atoms with Crippen LogP contribution in [0.5, 0.6) is 0 Å². The molecule has 28 heavy (non-hydrogen) atoms. The topological polar surface area (TPSA) is 48.0 Å². The van der Waals surface area contributed by atoms with Crippen molar-refractivity contribution in [2.75, 3.05) is 0 Å². The van der Waals surface area contributed by atoms with Gasteiger partial charge >= 0.3 is 0 Å². The normalized spacial score (nSPS) is 11.3. The van der Waals surface area contributed by atoms with Crippen molar-refractivity contribution >= 4 is 39.0 Å². The van der Waals surface area contributed by atoms with E-state index in [1.165, 1.54) is 4.88 Å². The molecule has 2 N–H and O–H groups in total. The maximum absolute atomic E-state index is 12.1. The highest BCUT2D eigenvalue weighted by Crippen LogP contribution is 2.35. The van der Waals surface area contributed by atoms with Crippen LogP contribution in [0, 0.1) is 6.07 Å². The van der Waals surface area contributed by atoms with Crippen LogP contribution in [0.3, 0.4) is 0 Å². The van der Waals surface area contributed by atoms with E-state index in [1.54, 1.807) is 17.4 Å². The van der Waals surface area contributed by atoms with Gasteiger partial charge in [0.25, 0.3) is 0 Å². The molecule has 2 heterocycles. The van der Waals surface area contributed by atoms with Crippen molar-refractivity contribution in [2.24, 2.45) is 5.73 Å². The number of amides is 1. The molecule has 4 heteroatoms. The largest absolute Gasteiger partial charge is 0.366 e. The van der Waals surface area contributed by atoms with E-state index in [4.69, 9.17) is 5.73 Å². The number of nitrogens with two attached hydrogens (primary N) is 1. The summed E-state index contributed by atoms with van der Waals surface area (Å²) in [5, 5.41) is 3.89. The third-order valence-corrected chi connectivity index (χ3v) is 5.92. The van der Waals surface area contributed by atoms with Gasteiger partial charge in [-0.3, -0.25) is 4.79 Å². The van der Waals surface area contributed by atoms with Crippen LogP contribution < -0.4 is 5.73 Å². The molecule has 0 aliphatic rings. The number of carbonyl (C=O) groups excluding carboxylic acids is 1. The molecule has 0 aliphatic carbocycles. The summed E-state index contributed by atoms with van der Waals surface area (Å²) < 4.78 is 2.26. The minimum absolute atomic E-state index is 0.415. The second kappa shape index (κ2) is 6.66. The number of hydrogen-bond acceptors (Lipinski definition) is 2. The first-order valence-electron chi connectivity index (χ1n) is 9.06. The van der Waals surface area contributed by atoms with Gasteiger partial charge in [0, 0.05) is 21.2 Å². The Balaban J connectivity index is 1.84. The average Bonchev–Trinajstić information content (AvgIpc) is 3.35. The lowest BCUT2D eigenvalue weighted by Crippen LogP contribution is -2.11. The van der Waals surface area contributed by atoms with Gasteiger partial charge in [-0.25, -0.2) is 0 Å². The SMILES string of the molecule is NC(=O)c1cccc2c1c1[c]cc(-c3ccccc3)cc1n2Cc1cccs1. The summed E-state index contributed by atoms with van der Waals surface area (Å²) in [5.41, 5.74) is 10.5. The van der Waals surface area contributed by atoms with Crippen molar-refractivity contribution in [3.63, 3.8) is 0 Å². The van der Waals surface area contributed by atoms with E-state index in [9.17, 15) is 4.79 Å². The standard InChI is InChI=1S/C24H17N2OS/c25-24(27)20-9-4-10-21-23(20)19-12-11-17(16-6-2-1-3-7-16)14-22(19)26(21)15-18-8-5-13-28-18/h1-11,13-14H,15H2,(H2,25,27). The van der Waals surface area contributed by atoms with Crippen LogP contribution in [-0.2, 0) is 6.54 Å². The molecular formula is C24H17N2OS. The lowest BCUT2D eigenvalue weighted by atomic mass is 10.0. The van der Waals surface area contributed by atoms with Gasteiger partial charge in [-0.2, -0.15) is 0 Å². The number of benzene rings is 3. The third kappa shape index (κ3) is 2.70. The predicted molar refractivity (Wildman–Crippen MR) is 116 cm³/mol. The fraction of sp³-hybridized carbons (Fsp3) is 0.0417. The van der Waals surface area contributed by atoms with E-state index in [-0.39, 0.29) is 0 Å². The molecule has 3 aromatic carbocycles. The Bertz CT molecular complexity index is 1300. The van der Waals surface area contributed by atoms with Gasteiger partial charge in [0.2, 0.25) is 5.91 Å². The second-order valence-electron chi connectivity index (χ2n) is 6.74. The molecule has 1 amide bonds. The molecule has 2 aromatic heterocycles. The van der Waals surface area contributed by atoms with E-state index in [0.29, 0.717) is 5.56 Å². The number of rotatable bonds is 4. The Morgan fingerprint density at radius 2 is 1.82 bits per heavy atom. The number of hydrogen-bond donors (Lipinski definition) is 1. The molecule has 0 aliphatic heterocycles. The Labute approximate surface area is 166 Å². The van der Waals surface area contributed by atoms with Crippen molar-refractivity contribution in [1.82, 2.24) is 4.57 Å². The Morgan fingerprint density at radius 3 is 2.57 bits per heavy atom. The van der Waals surface area contributed by atoms with Gasteiger partial charge in [-0.05, 0) is 52.9 Å². The van der Waals surface area contributed by atoms with Crippen LogP contribution in [0.15, 0.2) is 78.2 Å². The molecule has 5 rings (SSSR count). The maximum atomic E-state index is 12.1. The summed E-state index contributed by atoms with van der Waals surface area (Å²) in [6.07, 6.45) is 0. The molecule has 135 valence electrons. The highest BCUT2D eigenvalue weighted by atomic mass is 32.1. The highest BCUT2D eigenvalue weighted by Gasteiger charge is 2.17. The summed E-state index contributed by atoms with van der Waals surface area (Å²) in [6, 6.07) is 27.8. The van der Waals surface area contributed by atoms with Crippen LogP contribution in [0.25, 0.3) is 32.9 Å². The summed E-state index contributed by atoms with van der Waals surface area (Å²) in [4.78, 5) is 13.3. The molecular weight excluding hydrogens is 364 g/mol. The number of thiophene rings is 1. The molecule has 0 atom stereocenters. The Morgan fingerprint density at radius 1 is 0.964 bits per heavy atom. The molecule has 1 radical (unpaired) electrons. The first kappa shape index (κ1) is 16.8. The Kier molecular flexibility index (Phi) is 3.99. The number of aromatic nitrogens is 1. The minimum atomic E-state index is -0.415. The van der Waals surface area contributed by atoms with E-state index in [0.717, 1.165) is 39.5 Å². The monoisotopic (exact) mass is 381 g/mol. The van der Waals surface area contributed by atoms with Gasteiger partial charge in [0.15, 0.2) is 0 Å². The fourth-order valence-corrected chi connectivity index (χ4v) is 4.48. The summed E-state index contributed by atoms with van der Waals surface area (Å²) in [5.74, 6) is -0.415. The molecule has 0 unspecified atom stereocenters. The number of carbonyl (C=O) groups is 1. The van der Waals surface area contributed by atoms with Gasteiger partial charge in [0.05, 0.1) is 17.6 Å². The maximum Gasteiger partial charge on any atom is 0.249 e. The lowest BCUT2D eigenvalue weighted by Gasteiger charge is -2.07. The zero-order valence-corrected chi connectivity index (χ0v) is 15.9. The van der Waals surface area contributed by atoms with Crippen molar-refractivity contribution in [2.45, 2.75) is 6.54 Å².